The van der Waals surface area contributed by atoms with Crippen molar-refractivity contribution in [2.75, 3.05) is 25.5 Å². The summed E-state index contributed by atoms with van der Waals surface area (Å²) in [6.45, 7) is 1.63. The van der Waals surface area contributed by atoms with Crippen molar-refractivity contribution in [1.29, 1.82) is 0 Å². The topological polar surface area (TPSA) is 131 Å². The number of piperazine rings is 1. The van der Waals surface area contributed by atoms with E-state index in [2.05, 4.69) is 32.8 Å². The van der Waals surface area contributed by atoms with Gasteiger partial charge in [0.1, 0.15) is 5.82 Å². The third-order valence-electron chi connectivity index (χ3n) is 6.16. The lowest BCUT2D eigenvalue weighted by atomic mass is 10.1. The Morgan fingerprint density at radius 3 is 2.59 bits per heavy atom. The highest BCUT2D eigenvalue weighted by Crippen LogP contribution is 2.31. The lowest BCUT2D eigenvalue weighted by Gasteiger charge is -2.31. The summed E-state index contributed by atoms with van der Waals surface area (Å²) in [6, 6.07) is 11.5. The Morgan fingerprint density at radius 2 is 1.94 bits per heavy atom. The largest absolute Gasteiger partial charge is 0.483 e. The van der Waals surface area contributed by atoms with Crippen LogP contribution in [0.25, 0.3) is 10.9 Å². The molecule has 1 aromatic heterocycles. The molecule has 0 unspecified atom stereocenters. The molecule has 0 aliphatic carbocycles. The van der Waals surface area contributed by atoms with Gasteiger partial charge < -0.3 is 20.6 Å². The van der Waals surface area contributed by atoms with E-state index in [1.54, 1.807) is 30.3 Å². The second-order valence-corrected chi connectivity index (χ2v) is 8.31. The molecule has 11 heteroatoms. The lowest BCUT2D eigenvalue weighted by molar-refractivity contribution is -0.122. The predicted molar refractivity (Wildman–Crippen MR) is 123 cm³/mol. The van der Waals surface area contributed by atoms with Crippen LogP contribution in [0.3, 0.4) is 0 Å². The first kappa shape index (κ1) is 23.2. The average Bonchev–Trinajstić information content (AvgIpc) is 3.52. The van der Waals surface area contributed by atoms with Gasteiger partial charge in [0, 0.05) is 42.8 Å². The number of carboxylic acid groups (broad SMARTS) is 1. The second-order valence-electron chi connectivity index (χ2n) is 8.31. The van der Waals surface area contributed by atoms with Crippen LogP contribution in [0.5, 0.6) is 0 Å². The molecule has 2 atom stereocenters. The van der Waals surface area contributed by atoms with E-state index in [-0.39, 0.29) is 36.8 Å². The summed E-state index contributed by atoms with van der Waals surface area (Å²) in [4.78, 5) is 38.0. The van der Waals surface area contributed by atoms with Gasteiger partial charge in [-0.05, 0) is 49.4 Å². The number of halogens is 1. The van der Waals surface area contributed by atoms with Crippen molar-refractivity contribution in [3.8, 4) is 0 Å². The van der Waals surface area contributed by atoms with Gasteiger partial charge in [0.25, 0.3) is 12.4 Å². The summed E-state index contributed by atoms with van der Waals surface area (Å²) in [5, 5.41) is 20.2. The van der Waals surface area contributed by atoms with Crippen LogP contribution in [-0.2, 0) is 11.3 Å². The number of fused-ring (bicyclic) bond motifs is 3. The number of hydrogen-bond donors (Lipinski definition) is 4. The molecule has 0 radical (unpaired) electrons. The molecule has 10 nitrogen and oxygen atoms in total. The number of H-pyrrole nitrogens is 1. The van der Waals surface area contributed by atoms with Crippen molar-refractivity contribution < 1.29 is 23.9 Å². The van der Waals surface area contributed by atoms with E-state index in [9.17, 15) is 14.0 Å². The monoisotopic (exact) mass is 468 g/mol. The number of carbonyl (C=O) groups is 3. The van der Waals surface area contributed by atoms with Crippen LogP contribution >= 0.6 is 0 Å². The van der Waals surface area contributed by atoms with Crippen LogP contribution in [0, 0.1) is 5.82 Å². The first-order valence-electron chi connectivity index (χ1n) is 10.8. The first-order valence-corrected chi connectivity index (χ1v) is 10.8. The number of anilines is 1. The van der Waals surface area contributed by atoms with E-state index in [0.717, 1.165) is 30.6 Å². The number of rotatable bonds is 4. The molecule has 3 amide bonds. The van der Waals surface area contributed by atoms with Crippen molar-refractivity contribution in [1.82, 2.24) is 25.3 Å². The molecular formula is C23H25FN6O4. The maximum atomic E-state index is 13.1. The molecule has 0 spiro atoms. The van der Waals surface area contributed by atoms with E-state index in [0.29, 0.717) is 22.8 Å². The third kappa shape index (κ3) is 4.84. The van der Waals surface area contributed by atoms with Crippen molar-refractivity contribution in [3.05, 3.63) is 59.5 Å². The molecule has 4 N–H and O–H groups in total. The fourth-order valence-corrected chi connectivity index (χ4v) is 4.47. The van der Waals surface area contributed by atoms with Gasteiger partial charge >= 0.3 is 6.03 Å². The molecule has 3 heterocycles. The highest BCUT2D eigenvalue weighted by atomic mass is 19.1. The molecular weight excluding hydrogens is 443 g/mol. The normalized spacial score (nSPS) is 18.9. The number of aromatic amines is 1. The highest BCUT2D eigenvalue weighted by molar-refractivity contribution is 6.06. The number of carbonyl (C=O) groups excluding carboxylic acids is 2. The molecule has 2 aromatic carbocycles. The van der Waals surface area contributed by atoms with Gasteiger partial charge in [0.15, 0.2) is 5.69 Å². The fraction of sp³-hybridized carbons (Fsp3) is 0.304. The maximum absolute atomic E-state index is 13.1. The molecule has 2 aliphatic heterocycles. The van der Waals surface area contributed by atoms with E-state index in [4.69, 9.17) is 9.90 Å². The van der Waals surface area contributed by atoms with Crippen molar-refractivity contribution in [3.63, 3.8) is 0 Å². The van der Waals surface area contributed by atoms with Crippen molar-refractivity contribution in [2.24, 2.45) is 0 Å². The summed E-state index contributed by atoms with van der Waals surface area (Å²) in [6.07, 6.45) is 1.01. The summed E-state index contributed by atoms with van der Waals surface area (Å²) in [7, 11) is 2.09. The van der Waals surface area contributed by atoms with E-state index in [1.807, 2.05) is 4.90 Å². The quantitative estimate of drug-likeness (QED) is 0.435. The third-order valence-corrected chi connectivity index (χ3v) is 6.16. The van der Waals surface area contributed by atoms with Gasteiger partial charge in [0.05, 0.1) is 5.52 Å². The minimum absolute atomic E-state index is 0.0789. The van der Waals surface area contributed by atoms with Crippen LogP contribution < -0.4 is 10.6 Å². The Hall–Kier alpha value is -3.99. The first-order chi connectivity index (χ1) is 16.4. The van der Waals surface area contributed by atoms with Gasteiger partial charge in [-0.1, -0.05) is 12.1 Å². The zero-order valence-corrected chi connectivity index (χ0v) is 18.5. The minimum Gasteiger partial charge on any atom is -0.483 e. The molecule has 0 saturated carbocycles. The number of nitrogens with one attached hydrogen (secondary N) is 3. The molecule has 5 rings (SSSR count). The smallest absolute Gasteiger partial charge is 0.319 e. The molecule has 2 bridgehead atoms. The second kappa shape index (κ2) is 9.87. The van der Waals surface area contributed by atoms with Crippen molar-refractivity contribution >= 4 is 35.0 Å². The number of likely N-dealkylation sites (N-methyl/N-ethyl adjacent to an activating group) is 1. The molecule has 2 aliphatic rings. The molecule has 2 fully saturated rings. The minimum atomic E-state index is -0.389. The van der Waals surface area contributed by atoms with Gasteiger partial charge in [-0.3, -0.25) is 19.6 Å². The number of hydrogen-bond acceptors (Lipinski definition) is 5. The maximum Gasteiger partial charge on any atom is 0.319 e. The number of likely N-dealkylation sites (tertiary alicyclic amines) is 2. The Morgan fingerprint density at radius 1 is 1.21 bits per heavy atom. The zero-order chi connectivity index (χ0) is 24.2. The van der Waals surface area contributed by atoms with Gasteiger partial charge in [0.2, 0.25) is 0 Å². The van der Waals surface area contributed by atoms with Gasteiger partial charge in [-0.15, -0.1) is 0 Å². The van der Waals surface area contributed by atoms with E-state index < -0.39 is 0 Å². The number of aromatic nitrogens is 2. The average molecular weight is 468 g/mol. The standard InChI is InChI=1S/C22H23FN6O2.CH2O2/c1-28-11-17-9-16(28)12-29(17)21(30)20-18-8-15(6-7-19(18)26-27-20)25-22(31)24-10-13-2-4-14(23)5-3-13;2-1-3/h2-8,16-17H,9-12H2,1H3,(H,26,27)(H2,24,25,31);1H,(H,2,3)/t16-,17-;/m0./s1. The van der Waals surface area contributed by atoms with Crippen LogP contribution in [0.4, 0.5) is 14.9 Å². The van der Waals surface area contributed by atoms with Crippen LogP contribution in [0.1, 0.15) is 22.5 Å². The molecule has 3 aromatic rings. The van der Waals surface area contributed by atoms with Gasteiger partial charge in [-0.2, -0.15) is 5.10 Å². The van der Waals surface area contributed by atoms with E-state index in [1.165, 1.54) is 12.1 Å². The number of benzene rings is 2. The Balaban J connectivity index is 0.000000868. The summed E-state index contributed by atoms with van der Waals surface area (Å²) in [5.41, 5.74) is 2.46. The lowest BCUT2D eigenvalue weighted by Crippen LogP contribution is -2.47. The van der Waals surface area contributed by atoms with Gasteiger partial charge in [-0.25, -0.2) is 9.18 Å². The van der Waals surface area contributed by atoms with Crippen LogP contribution in [-0.4, -0.2) is 75.7 Å². The number of urea groups is 1. The fourth-order valence-electron chi connectivity index (χ4n) is 4.47. The SMILES string of the molecule is CN1C[C@@H]2C[C@H]1CN2C(=O)c1n[nH]c2ccc(NC(=O)NCc3ccc(F)cc3)cc12.O=CO. The predicted octanol–water partition coefficient (Wildman–Crippen LogP) is 2.25. The number of amides is 3. The Kier molecular flexibility index (Phi) is 6.73. The summed E-state index contributed by atoms with van der Waals surface area (Å²) in [5.74, 6) is -0.398. The summed E-state index contributed by atoms with van der Waals surface area (Å²) >= 11 is 0. The Labute approximate surface area is 194 Å². The summed E-state index contributed by atoms with van der Waals surface area (Å²) < 4.78 is 13.0. The number of nitrogens with zero attached hydrogens (tertiary/aromatic N) is 3. The van der Waals surface area contributed by atoms with Crippen molar-refractivity contribution in [2.45, 2.75) is 25.0 Å². The van der Waals surface area contributed by atoms with E-state index >= 15 is 0 Å². The molecule has 178 valence electrons. The van der Waals surface area contributed by atoms with Crippen LogP contribution in [0.15, 0.2) is 42.5 Å². The molecule has 34 heavy (non-hydrogen) atoms. The molecule has 2 saturated heterocycles. The highest BCUT2D eigenvalue weighted by Gasteiger charge is 2.44. The Bertz CT molecular complexity index is 1200. The zero-order valence-electron chi connectivity index (χ0n) is 18.5. The van der Waals surface area contributed by atoms with Crippen LogP contribution in [0.2, 0.25) is 0 Å².